The minimum atomic E-state index is -0.0941. The quantitative estimate of drug-likeness (QED) is 0.693. The Morgan fingerprint density at radius 2 is 1.71 bits per heavy atom. The highest BCUT2D eigenvalue weighted by molar-refractivity contribution is 7.12. The van der Waals surface area contributed by atoms with Crippen molar-refractivity contribution < 1.29 is 9.59 Å². The van der Waals surface area contributed by atoms with Gasteiger partial charge in [-0.25, -0.2) is 0 Å². The van der Waals surface area contributed by atoms with E-state index in [0.717, 1.165) is 25.9 Å². The Morgan fingerprint density at radius 3 is 2.42 bits per heavy atom. The molecule has 4 rings (SSSR count). The minimum absolute atomic E-state index is 0.0853. The number of hydrogen-bond acceptors (Lipinski definition) is 4. The summed E-state index contributed by atoms with van der Waals surface area (Å²) < 4.78 is 0. The molecule has 5 nitrogen and oxygen atoms in total. The van der Waals surface area contributed by atoms with Gasteiger partial charge in [0, 0.05) is 19.1 Å². The largest absolute Gasteiger partial charge is 0.350 e. The van der Waals surface area contributed by atoms with Gasteiger partial charge in [-0.05, 0) is 62.4 Å². The van der Waals surface area contributed by atoms with E-state index in [1.54, 1.807) is 11.9 Å². The van der Waals surface area contributed by atoms with E-state index >= 15 is 0 Å². The van der Waals surface area contributed by atoms with Crippen LogP contribution in [0.15, 0.2) is 41.8 Å². The number of thiophene rings is 1. The van der Waals surface area contributed by atoms with Crippen molar-refractivity contribution in [3.63, 3.8) is 0 Å². The molecule has 1 N–H and O–H groups in total. The van der Waals surface area contributed by atoms with Crippen molar-refractivity contribution >= 4 is 28.8 Å². The molecule has 31 heavy (non-hydrogen) atoms. The summed E-state index contributed by atoms with van der Waals surface area (Å²) in [6, 6.07) is 11.1. The molecule has 1 aromatic heterocycles. The maximum Gasteiger partial charge on any atom is 0.268 e. The molecule has 2 aliphatic rings. The SMILES string of the molecule is CN(C(=O)c1cccs1)c1ccccc1C(=O)NCC1(N2CCCCC2)CCCCC1. The predicted octanol–water partition coefficient (Wildman–Crippen LogP) is 4.94. The molecule has 2 amide bonds. The van der Waals surface area contributed by atoms with Gasteiger partial charge in [0.15, 0.2) is 0 Å². The number of nitrogens with zero attached hydrogens (tertiary/aromatic N) is 2. The second-order valence-electron chi connectivity index (χ2n) is 8.87. The monoisotopic (exact) mass is 439 g/mol. The molecule has 1 saturated heterocycles. The van der Waals surface area contributed by atoms with E-state index in [9.17, 15) is 9.59 Å². The number of carbonyl (C=O) groups excluding carboxylic acids is 2. The third-order valence-corrected chi connectivity index (χ3v) is 7.79. The van der Waals surface area contributed by atoms with Crippen molar-refractivity contribution in [2.45, 2.75) is 56.9 Å². The van der Waals surface area contributed by atoms with Crippen LogP contribution >= 0.6 is 11.3 Å². The lowest BCUT2D eigenvalue weighted by atomic mass is 9.79. The number of hydrogen-bond donors (Lipinski definition) is 1. The lowest BCUT2D eigenvalue weighted by molar-refractivity contribution is 0.0327. The summed E-state index contributed by atoms with van der Waals surface area (Å²) in [6.45, 7) is 2.97. The zero-order valence-corrected chi connectivity index (χ0v) is 19.3. The van der Waals surface area contributed by atoms with Crippen LogP contribution in [0.3, 0.4) is 0 Å². The average Bonchev–Trinajstić information content (AvgIpc) is 3.38. The first kappa shape index (κ1) is 22.0. The van der Waals surface area contributed by atoms with Crippen molar-refractivity contribution in [2.75, 3.05) is 31.6 Å². The normalized spacial score (nSPS) is 19.0. The summed E-state index contributed by atoms with van der Waals surface area (Å²) in [4.78, 5) is 31.0. The van der Waals surface area contributed by atoms with Gasteiger partial charge in [-0.2, -0.15) is 0 Å². The fourth-order valence-electron chi connectivity index (χ4n) is 5.16. The van der Waals surface area contributed by atoms with Crippen molar-refractivity contribution in [1.29, 1.82) is 0 Å². The molecule has 2 fully saturated rings. The number of rotatable bonds is 6. The molecule has 0 bridgehead atoms. The number of carbonyl (C=O) groups is 2. The fourth-order valence-corrected chi connectivity index (χ4v) is 5.85. The van der Waals surface area contributed by atoms with E-state index in [2.05, 4.69) is 10.2 Å². The van der Waals surface area contributed by atoms with Crippen molar-refractivity contribution in [3.05, 3.63) is 52.2 Å². The Morgan fingerprint density at radius 1 is 1.00 bits per heavy atom. The zero-order valence-electron chi connectivity index (χ0n) is 18.4. The number of amides is 2. The van der Waals surface area contributed by atoms with Gasteiger partial charge in [0.2, 0.25) is 0 Å². The standard InChI is InChI=1S/C25H33N3O2S/c1-27(24(30)22-13-10-18-31-22)21-12-5-4-11-20(21)23(29)26-19-25(14-6-2-7-15-25)28-16-8-3-9-17-28/h4-5,10-13,18H,2-3,6-9,14-17,19H2,1H3,(H,26,29). The summed E-state index contributed by atoms with van der Waals surface area (Å²) in [7, 11) is 1.74. The molecular weight excluding hydrogens is 406 g/mol. The third kappa shape index (κ3) is 4.85. The first-order chi connectivity index (χ1) is 15.1. The summed E-state index contributed by atoms with van der Waals surface area (Å²) in [5.74, 6) is -0.185. The van der Waals surface area contributed by atoms with E-state index < -0.39 is 0 Å². The van der Waals surface area contributed by atoms with Gasteiger partial charge in [0.25, 0.3) is 11.8 Å². The second-order valence-corrected chi connectivity index (χ2v) is 9.82. The van der Waals surface area contributed by atoms with Crippen molar-refractivity contribution in [3.8, 4) is 0 Å². The van der Waals surface area contributed by atoms with Gasteiger partial charge >= 0.3 is 0 Å². The maximum absolute atomic E-state index is 13.3. The van der Waals surface area contributed by atoms with Crippen LogP contribution in [0.5, 0.6) is 0 Å². The van der Waals surface area contributed by atoms with E-state index in [-0.39, 0.29) is 17.4 Å². The molecule has 0 radical (unpaired) electrons. The second kappa shape index (κ2) is 9.96. The third-order valence-electron chi connectivity index (χ3n) is 6.94. The molecular formula is C25H33N3O2S. The minimum Gasteiger partial charge on any atom is -0.350 e. The van der Waals surface area contributed by atoms with Gasteiger partial charge in [0.05, 0.1) is 16.1 Å². The molecule has 0 atom stereocenters. The lowest BCUT2D eigenvalue weighted by Gasteiger charge is -2.48. The highest BCUT2D eigenvalue weighted by Gasteiger charge is 2.38. The molecule has 1 aromatic carbocycles. The number of anilines is 1. The molecule has 1 aliphatic heterocycles. The van der Waals surface area contributed by atoms with Gasteiger partial charge in [-0.1, -0.05) is 43.9 Å². The van der Waals surface area contributed by atoms with Gasteiger partial charge < -0.3 is 10.2 Å². The topological polar surface area (TPSA) is 52.7 Å². The van der Waals surface area contributed by atoms with Crippen LogP contribution in [0.25, 0.3) is 0 Å². The zero-order chi connectivity index (χ0) is 21.7. The first-order valence-electron chi connectivity index (χ1n) is 11.5. The lowest BCUT2D eigenvalue weighted by Crippen LogP contribution is -2.58. The highest BCUT2D eigenvalue weighted by atomic mass is 32.1. The number of piperidine rings is 1. The van der Waals surface area contributed by atoms with E-state index in [1.807, 2.05) is 41.8 Å². The smallest absolute Gasteiger partial charge is 0.268 e. The highest BCUT2D eigenvalue weighted by Crippen LogP contribution is 2.35. The van der Waals surface area contributed by atoms with E-state index in [0.29, 0.717) is 22.7 Å². The molecule has 166 valence electrons. The Labute approximate surface area is 189 Å². The molecule has 2 heterocycles. The average molecular weight is 440 g/mol. The summed E-state index contributed by atoms with van der Waals surface area (Å²) in [5, 5.41) is 5.15. The Kier molecular flexibility index (Phi) is 7.08. The Hall–Kier alpha value is -2.18. The Bertz CT molecular complexity index is 884. The van der Waals surface area contributed by atoms with Crippen molar-refractivity contribution in [2.24, 2.45) is 0 Å². The van der Waals surface area contributed by atoms with Crippen molar-refractivity contribution in [1.82, 2.24) is 10.2 Å². The molecule has 1 saturated carbocycles. The van der Waals surface area contributed by atoms with E-state index in [1.165, 1.54) is 49.9 Å². The number of benzene rings is 1. The number of likely N-dealkylation sites (tertiary alicyclic amines) is 1. The maximum atomic E-state index is 13.3. The molecule has 1 aliphatic carbocycles. The van der Waals surface area contributed by atoms with Crippen LogP contribution in [0.1, 0.15) is 71.4 Å². The summed E-state index contributed by atoms with van der Waals surface area (Å²) in [5.41, 5.74) is 1.29. The molecule has 0 unspecified atom stereocenters. The molecule has 2 aromatic rings. The number of para-hydroxylation sites is 1. The summed E-state index contributed by atoms with van der Waals surface area (Å²) in [6.07, 6.45) is 9.92. The van der Waals surface area contributed by atoms with Crippen LogP contribution < -0.4 is 10.2 Å². The fraction of sp³-hybridized carbons (Fsp3) is 0.520. The molecule has 0 spiro atoms. The van der Waals surface area contributed by atoms with Crippen LogP contribution in [0.4, 0.5) is 5.69 Å². The van der Waals surface area contributed by atoms with Crippen LogP contribution in [-0.4, -0.2) is 48.9 Å². The van der Waals surface area contributed by atoms with E-state index in [4.69, 9.17) is 0 Å². The van der Waals surface area contributed by atoms with Crippen LogP contribution in [0, 0.1) is 0 Å². The predicted molar refractivity (Wildman–Crippen MR) is 127 cm³/mol. The number of nitrogens with one attached hydrogen (secondary N) is 1. The van der Waals surface area contributed by atoms with Gasteiger partial charge in [-0.3, -0.25) is 14.5 Å². The summed E-state index contributed by atoms with van der Waals surface area (Å²) >= 11 is 1.42. The Balaban J connectivity index is 1.50. The molecule has 6 heteroatoms. The first-order valence-corrected chi connectivity index (χ1v) is 12.4. The van der Waals surface area contributed by atoms with Gasteiger partial charge in [0.1, 0.15) is 0 Å². The van der Waals surface area contributed by atoms with Crippen LogP contribution in [0.2, 0.25) is 0 Å². The van der Waals surface area contributed by atoms with Gasteiger partial charge in [-0.15, -0.1) is 11.3 Å². The van der Waals surface area contributed by atoms with Crippen LogP contribution in [-0.2, 0) is 0 Å².